The van der Waals surface area contributed by atoms with Crippen LogP contribution in [-0.4, -0.2) is 75.6 Å². The number of nitrogens with zero attached hydrogens (tertiary/aromatic N) is 1. The van der Waals surface area contributed by atoms with Crippen molar-refractivity contribution in [3.05, 3.63) is 35.9 Å². The summed E-state index contributed by atoms with van der Waals surface area (Å²) in [4.78, 5) is 50.3. The zero-order chi connectivity index (χ0) is 32.4. The molecule has 2 heterocycles. The lowest BCUT2D eigenvalue weighted by Crippen LogP contribution is -2.61. The highest BCUT2D eigenvalue weighted by Gasteiger charge is 2.52. The van der Waals surface area contributed by atoms with Gasteiger partial charge in [0.05, 0.1) is 5.48 Å². The van der Waals surface area contributed by atoms with Gasteiger partial charge in [0, 0.05) is 53.9 Å². The van der Waals surface area contributed by atoms with Crippen molar-refractivity contribution in [1.82, 2.24) is 4.98 Å². The smallest absolute Gasteiger partial charge is 0.303 e. The van der Waals surface area contributed by atoms with E-state index in [1.807, 2.05) is 0 Å². The Bertz CT molecular complexity index is 1470. The number of hydrogen-bond donors (Lipinski definition) is 2. The van der Waals surface area contributed by atoms with Crippen LogP contribution in [0, 0.1) is 0 Å². The van der Waals surface area contributed by atoms with Gasteiger partial charge in [-0.1, -0.05) is 35.0 Å². The third kappa shape index (κ3) is 7.46. The van der Waals surface area contributed by atoms with E-state index in [1.54, 1.807) is 0 Å². The van der Waals surface area contributed by atoms with Crippen molar-refractivity contribution in [1.29, 1.82) is 0 Å². The van der Waals surface area contributed by atoms with Gasteiger partial charge in [0.2, 0.25) is 0 Å². The number of esters is 4. The molecule has 0 radical (unpaired) electrons. The SMILES string of the molecule is [2H]c1c([2H])c([2H])c2c(C([2H])([2H])/C(=N\O)S[C@@H]3O[C@H](COC(C)=O)[C@@H](OC(C)=O)[C@H](OC(C)=O)[C@H]3OC(C)=O)c[nH]c2c1[2H]. The summed E-state index contributed by atoms with van der Waals surface area (Å²) in [7, 11) is 0. The van der Waals surface area contributed by atoms with Crippen molar-refractivity contribution in [3.63, 3.8) is 0 Å². The first-order valence-electron chi connectivity index (χ1n) is 13.8. The zero-order valence-electron chi connectivity index (χ0n) is 26.1. The molecule has 1 fully saturated rings. The van der Waals surface area contributed by atoms with E-state index < -0.39 is 95.9 Å². The quantitative estimate of drug-likeness (QED) is 0.126. The number of fused-ring (bicyclic) bond motifs is 1. The summed E-state index contributed by atoms with van der Waals surface area (Å²) < 4.78 is 76.9. The third-order valence-corrected chi connectivity index (χ3v) is 5.84. The van der Waals surface area contributed by atoms with Crippen molar-refractivity contribution in [3.8, 4) is 0 Å². The summed E-state index contributed by atoms with van der Waals surface area (Å²) in [5, 5.41) is 12.1. The Balaban J connectivity index is 2.11. The molecule has 1 aliphatic rings. The van der Waals surface area contributed by atoms with Gasteiger partial charge in [-0.25, -0.2) is 0 Å². The van der Waals surface area contributed by atoms with Crippen LogP contribution in [0.3, 0.4) is 0 Å². The number of aromatic nitrogens is 1. The molecule has 5 atom stereocenters. The second-order valence-electron chi connectivity index (χ2n) is 7.67. The number of ether oxygens (including phenoxy) is 5. The predicted octanol–water partition coefficient (Wildman–Crippen LogP) is 2.31. The van der Waals surface area contributed by atoms with Crippen molar-refractivity contribution in [2.75, 3.05) is 6.61 Å². The Morgan fingerprint density at radius 1 is 1.03 bits per heavy atom. The number of hydrogen-bond acceptors (Lipinski definition) is 12. The molecule has 200 valence electrons. The highest BCUT2D eigenvalue weighted by atomic mass is 32.2. The minimum absolute atomic E-state index is 0.0977. The Hall–Kier alpha value is -3.58. The molecule has 12 nitrogen and oxygen atoms in total. The third-order valence-electron chi connectivity index (χ3n) is 4.83. The summed E-state index contributed by atoms with van der Waals surface area (Å²) in [6, 6.07) is -2.17. The number of carbonyl (C=O) groups excluding carboxylic acids is 4. The van der Waals surface area contributed by atoms with Crippen molar-refractivity contribution in [2.24, 2.45) is 5.16 Å². The molecule has 1 saturated heterocycles. The summed E-state index contributed by atoms with van der Waals surface area (Å²) in [6.45, 7) is 3.68. The Morgan fingerprint density at radius 2 is 1.65 bits per heavy atom. The zero-order valence-corrected chi connectivity index (χ0v) is 21.0. The van der Waals surface area contributed by atoms with Crippen molar-refractivity contribution >= 4 is 51.6 Å². The van der Waals surface area contributed by atoms with Gasteiger partial charge in [-0.3, -0.25) is 19.2 Å². The summed E-state index contributed by atoms with van der Waals surface area (Å²) in [6.07, 6.45) is -7.60. The number of benzene rings is 1. The van der Waals surface area contributed by atoms with Gasteiger partial charge >= 0.3 is 23.9 Å². The number of carbonyl (C=O) groups is 4. The highest BCUT2D eigenvalue weighted by Crippen LogP contribution is 2.36. The number of thioether (sulfide) groups is 1. The monoisotopic (exact) mass is 542 g/mol. The van der Waals surface area contributed by atoms with E-state index in [0.717, 1.165) is 33.9 Å². The molecule has 0 aliphatic carbocycles. The minimum Gasteiger partial charge on any atom is -0.463 e. The van der Waals surface area contributed by atoms with Crippen LogP contribution in [0.15, 0.2) is 35.5 Å². The van der Waals surface area contributed by atoms with Gasteiger partial charge < -0.3 is 33.9 Å². The maximum absolute atomic E-state index is 12.1. The molecule has 37 heavy (non-hydrogen) atoms. The molecule has 3 rings (SSSR count). The Morgan fingerprint density at radius 3 is 2.27 bits per heavy atom. The number of rotatable bonds is 8. The van der Waals surface area contributed by atoms with Gasteiger partial charge in [-0.05, 0) is 11.6 Å². The minimum atomic E-state index is -2.75. The second kappa shape index (κ2) is 12.6. The number of nitrogens with one attached hydrogen (secondary N) is 1. The topological polar surface area (TPSA) is 163 Å². The molecule has 0 bridgehead atoms. The average molecular weight is 543 g/mol. The van der Waals surface area contributed by atoms with E-state index in [1.165, 1.54) is 0 Å². The van der Waals surface area contributed by atoms with Gasteiger partial charge in [0.25, 0.3) is 0 Å². The van der Waals surface area contributed by atoms with E-state index in [0.29, 0.717) is 11.8 Å². The van der Waals surface area contributed by atoms with E-state index in [9.17, 15) is 24.4 Å². The molecule has 2 aromatic rings. The van der Waals surface area contributed by atoms with Gasteiger partial charge in [0.1, 0.15) is 23.2 Å². The molecular formula is C24H28N2O10S. The number of para-hydroxylation sites is 1. The number of oxime groups is 1. The molecule has 1 aromatic carbocycles. The van der Waals surface area contributed by atoms with Gasteiger partial charge in [0.15, 0.2) is 18.3 Å². The van der Waals surface area contributed by atoms with Gasteiger partial charge in [-0.15, -0.1) is 0 Å². The fourth-order valence-corrected chi connectivity index (χ4v) is 4.50. The predicted molar refractivity (Wildman–Crippen MR) is 131 cm³/mol. The van der Waals surface area contributed by atoms with Crippen molar-refractivity contribution < 1.29 is 56.3 Å². The molecule has 1 aromatic heterocycles. The molecule has 0 unspecified atom stereocenters. The molecule has 13 heteroatoms. The molecular weight excluding hydrogens is 508 g/mol. The normalized spacial score (nSPS) is 26.5. The van der Waals surface area contributed by atoms with E-state index in [2.05, 4.69) is 10.1 Å². The lowest BCUT2D eigenvalue weighted by atomic mass is 9.99. The summed E-state index contributed by atoms with van der Waals surface area (Å²) in [5.41, 5.74) is -1.94. The van der Waals surface area contributed by atoms with Crippen molar-refractivity contribution in [2.45, 2.75) is 63.9 Å². The maximum atomic E-state index is 12.1. The lowest BCUT2D eigenvalue weighted by Gasteiger charge is -2.44. The Kier molecular flexibility index (Phi) is 6.97. The lowest BCUT2D eigenvalue weighted by molar-refractivity contribution is -0.237. The van der Waals surface area contributed by atoms with Crippen LogP contribution in [0.2, 0.25) is 0 Å². The first-order chi connectivity index (χ1) is 20.0. The number of H-pyrrole nitrogens is 1. The van der Waals surface area contributed by atoms with Crippen LogP contribution >= 0.6 is 11.8 Å². The summed E-state index contributed by atoms with van der Waals surface area (Å²) >= 11 is 0.384. The van der Waals surface area contributed by atoms with E-state index in [4.69, 9.17) is 31.9 Å². The fraction of sp³-hybridized carbons (Fsp3) is 0.458. The molecule has 0 saturated carbocycles. The Labute approximate surface area is 225 Å². The average Bonchev–Trinajstić information content (AvgIpc) is 3.36. The molecule has 2 N–H and O–H groups in total. The highest BCUT2D eigenvalue weighted by molar-refractivity contribution is 8.14. The summed E-state index contributed by atoms with van der Waals surface area (Å²) in [5.74, 6) is -3.35. The first kappa shape index (κ1) is 20.5. The number of aromatic amines is 1. The van der Waals surface area contributed by atoms with Crippen LogP contribution < -0.4 is 0 Å². The van der Waals surface area contributed by atoms with Crippen LogP contribution in [0.4, 0.5) is 0 Å². The fourth-order valence-electron chi connectivity index (χ4n) is 3.52. The second-order valence-corrected chi connectivity index (χ2v) is 8.76. The largest absolute Gasteiger partial charge is 0.463 e. The van der Waals surface area contributed by atoms with E-state index >= 15 is 0 Å². The van der Waals surface area contributed by atoms with Crippen LogP contribution in [-0.2, 0) is 49.2 Å². The molecule has 0 amide bonds. The van der Waals surface area contributed by atoms with Crippen LogP contribution in [0.1, 0.15) is 41.5 Å². The molecule has 1 aliphatic heterocycles. The van der Waals surface area contributed by atoms with Gasteiger partial charge in [-0.2, -0.15) is 0 Å². The van der Waals surface area contributed by atoms with Crippen LogP contribution in [0.25, 0.3) is 10.9 Å². The first-order valence-corrected chi connectivity index (χ1v) is 11.7. The van der Waals surface area contributed by atoms with Crippen LogP contribution in [0.5, 0.6) is 0 Å². The maximum Gasteiger partial charge on any atom is 0.303 e. The van der Waals surface area contributed by atoms with E-state index in [-0.39, 0.29) is 16.5 Å². The standard InChI is InChI=1S/C24H28N2O10S/c1-12(27)32-11-19-21(33-13(2)28)22(34-14(3)29)23(35-15(4)30)24(36-19)37-20(26-31)9-16-10-25-18-8-6-5-7-17(16)18/h5-8,10,19,21-25,31H,9,11H2,1-4H3/b26-20+/t19-,21-,22+,23-,24+/m1/s1/i5D,6D,7D,8D,9D2. The molecule has 0 spiro atoms.